The molecule has 1 aliphatic heterocycles. The maximum absolute atomic E-state index is 11.6. The Morgan fingerprint density at radius 2 is 1.68 bits per heavy atom. The largest absolute Gasteiger partial charge is 0.508 e. The van der Waals surface area contributed by atoms with E-state index in [9.17, 15) is 20.4 Å². The quantitative estimate of drug-likeness (QED) is 0.524. The summed E-state index contributed by atoms with van der Waals surface area (Å²) in [6.45, 7) is 7.13. The summed E-state index contributed by atoms with van der Waals surface area (Å²) in [7, 11) is 0. The minimum absolute atomic E-state index is 0.0261. The third-order valence-corrected chi connectivity index (χ3v) is 10.4. The number of phenolic OH excluding ortho intramolecular Hbond substituents is 2. The normalized spacial score (nSPS) is 49.2. The van der Waals surface area contributed by atoms with Gasteiger partial charge in [-0.05, 0) is 98.8 Å². The molecule has 2 bridgehead atoms. The van der Waals surface area contributed by atoms with E-state index in [-0.39, 0.29) is 33.7 Å². The second-order valence-corrected chi connectivity index (χ2v) is 11.9. The number of rotatable bonds is 2. The second kappa shape index (κ2) is 6.85. The van der Waals surface area contributed by atoms with Crippen molar-refractivity contribution in [3.05, 3.63) is 23.8 Å². The third kappa shape index (κ3) is 2.92. The van der Waals surface area contributed by atoms with E-state index in [4.69, 9.17) is 4.74 Å². The van der Waals surface area contributed by atoms with Crippen molar-refractivity contribution < 1.29 is 25.2 Å². The van der Waals surface area contributed by atoms with Crippen LogP contribution < -0.4 is 0 Å². The first-order valence-electron chi connectivity index (χ1n) is 12.1. The highest BCUT2D eigenvalue weighted by Crippen LogP contribution is 2.72. The molecule has 3 aliphatic carbocycles. The van der Waals surface area contributed by atoms with Gasteiger partial charge in [0, 0.05) is 10.8 Å². The maximum Gasteiger partial charge on any atom is 0.160 e. The highest BCUT2D eigenvalue weighted by molar-refractivity contribution is 5.39. The number of hydrogen-bond donors (Lipinski definition) is 4. The fourth-order valence-electron chi connectivity index (χ4n) is 8.88. The highest BCUT2D eigenvalue weighted by Gasteiger charge is 2.69. The van der Waals surface area contributed by atoms with E-state index >= 15 is 0 Å². The monoisotopic (exact) mass is 430 g/mol. The summed E-state index contributed by atoms with van der Waals surface area (Å²) < 4.78 is 6.06. The van der Waals surface area contributed by atoms with Crippen molar-refractivity contribution in [2.75, 3.05) is 6.61 Å². The van der Waals surface area contributed by atoms with Gasteiger partial charge in [-0.15, -0.1) is 0 Å². The molecule has 4 N–H and O–H groups in total. The molecule has 2 unspecified atom stereocenters. The highest BCUT2D eigenvalue weighted by atomic mass is 16.6. The Balaban J connectivity index is 1.55. The van der Waals surface area contributed by atoms with E-state index in [0.29, 0.717) is 30.4 Å². The summed E-state index contributed by atoms with van der Waals surface area (Å²) in [5.74, 6) is 1.16. The van der Waals surface area contributed by atoms with Gasteiger partial charge in [0.2, 0.25) is 0 Å². The lowest BCUT2D eigenvalue weighted by Gasteiger charge is -2.70. The molecule has 4 fully saturated rings. The number of benzene rings is 1. The average Bonchev–Trinajstić information content (AvgIpc) is 2.70. The molecule has 172 valence electrons. The van der Waals surface area contributed by atoms with Crippen LogP contribution in [0.25, 0.3) is 0 Å². The first-order chi connectivity index (χ1) is 14.5. The van der Waals surface area contributed by atoms with Gasteiger partial charge in [-0.2, -0.15) is 0 Å². The van der Waals surface area contributed by atoms with Crippen molar-refractivity contribution in [3.63, 3.8) is 0 Å². The smallest absolute Gasteiger partial charge is 0.160 e. The molecule has 0 aromatic heterocycles. The minimum Gasteiger partial charge on any atom is -0.508 e. The molecular weight excluding hydrogens is 392 g/mol. The van der Waals surface area contributed by atoms with Crippen LogP contribution in [0.2, 0.25) is 0 Å². The van der Waals surface area contributed by atoms with Gasteiger partial charge in [0.15, 0.2) is 6.29 Å². The number of aliphatic hydroxyl groups excluding tert-OH is 1. The topological polar surface area (TPSA) is 90.2 Å². The van der Waals surface area contributed by atoms with Crippen LogP contribution in [-0.2, 0) is 11.2 Å². The molecule has 1 aromatic carbocycles. The van der Waals surface area contributed by atoms with Gasteiger partial charge < -0.3 is 25.2 Å². The molecule has 0 spiro atoms. The summed E-state index contributed by atoms with van der Waals surface area (Å²) in [6, 6.07) is 4.68. The molecule has 31 heavy (non-hydrogen) atoms. The molecule has 0 radical (unpaired) electrons. The molecule has 0 amide bonds. The van der Waals surface area contributed by atoms with Gasteiger partial charge in [0.1, 0.15) is 11.5 Å². The fraction of sp³-hybridized carbons (Fsp3) is 0.769. The Hall–Kier alpha value is -1.30. The standard InChI is InChI=1S/C26H38O5/c1-23-11-7-20-24(2)9-4-10-26(20,15-31-22(24)29)19(23)8-12-25(3,30)21(23)14-16-13-17(27)5-6-18(16)28/h5-6,13,19-22,27-30H,4,7-12,14-15H2,1-3H3/t19?,20-,21-,22+,23+,24?,25-,26-/m0/s1. The van der Waals surface area contributed by atoms with Gasteiger partial charge in [-0.1, -0.05) is 20.3 Å². The lowest BCUT2D eigenvalue weighted by Crippen LogP contribution is -2.68. The zero-order valence-electron chi connectivity index (χ0n) is 19.1. The molecule has 3 saturated carbocycles. The van der Waals surface area contributed by atoms with E-state index in [1.165, 1.54) is 6.07 Å². The second-order valence-electron chi connectivity index (χ2n) is 11.9. The van der Waals surface area contributed by atoms with Crippen molar-refractivity contribution >= 4 is 0 Å². The Bertz CT molecular complexity index is 867. The predicted molar refractivity (Wildman–Crippen MR) is 117 cm³/mol. The van der Waals surface area contributed by atoms with Gasteiger partial charge in [-0.3, -0.25) is 0 Å². The molecule has 1 heterocycles. The van der Waals surface area contributed by atoms with Crippen molar-refractivity contribution in [1.29, 1.82) is 0 Å². The minimum atomic E-state index is -0.834. The molecule has 5 heteroatoms. The van der Waals surface area contributed by atoms with Crippen molar-refractivity contribution in [2.24, 2.45) is 34.0 Å². The number of phenols is 2. The zero-order chi connectivity index (χ0) is 22.2. The van der Waals surface area contributed by atoms with E-state index in [1.807, 2.05) is 6.92 Å². The van der Waals surface area contributed by atoms with E-state index in [1.54, 1.807) is 12.1 Å². The van der Waals surface area contributed by atoms with Crippen LogP contribution in [0, 0.1) is 34.0 Å². The summed E-state index contributed by atoms with van der Waals surface area (Å²) >= 11 is 0. The molecule has 4 aliphatic rings. The van der Waals surface area contributed by atoms with Crippen LogP contribution in [0.3, 0.4) is 0 Å². The Labute approximate surface area is 185 Å². The van der Waals surface area contributed by atoms with Crippen LogP contribution >= 0.6 is 0 Å². The SMILES string of the molecule is CC12CCC[C@]3(CO[C@H]1O)C1CC[C@](C)(O)[C@@H](Cc4cc(O)ccc4O)[C@]1(C)CC[C@@H]23. The molecule has 8 atom stereocenters. The Kier molecular flexibility index (Phi) is 4.76. The molecule has 5 rings (SSSR count). The average molecular weight is 431 g/mol. The van der Waals surface area contributed by atoms with E-state index < -0.39 is 11.9 Å². The third-order valence-electron chi connectivity index (χ3n) is 10.4. The lowest BCUT2D eigenvalue weighted by molar-refractivity contribution is -0.327. The van der Waals surface area contributed by atoms with Crippen molar-refractivity contribution in [3.8, 4) is 11.5 Å². The van der Waals surface area contributed by atoms with Gasteiger partial charge in [-0.25, -0.2) is 0 Å². The van der Waals surface area contributed by atoms with Gasteiger partial charge in [0.25, 0.3) is 0 Å². The first-order valence-corrected chi connectivity index (χ1v) is 12.1. The van der Waals surface area contributed by atoms with Gasteiger partial charge >= 0.3 is 0 Å². The Morgan fingerprint density at radius 1 is 0.968 bits per heavy atom. The molecular formula is C26H38O5. The van der Waals surface area contributed by atoms with Gasteiger partial charge in [0.05, 0.1) is 12.2 Å². The van der Waals surface area contributed by atoms with Crippen LogP contribution in [0.4, 0.5) is 0 Å². The number of aromatic hydroxyl groups is 2. The fourth-order valence-corrected chi connectivity index (χ4v) is 8.88. The summed E-state index contributed by atoms with van der Waals surface area (Å²) in [4.78, 5) is 0. The number of hydrogen-bond acceptors (Lipinski definition) is 5. The number of fused-ring (bicyclic) bond motifs is 1. The van der Waals surface area contributed by atoms with Crippen LogP contribution in [-0.4, -0.2) is 38.9 Å². The zero-order valence-corrected chi connectivity index (χ0v) is 19.1. The van der Waals surface area contributed by atoms with Crippen LogP contribution in [0.15, 0.2) is 18.2 Å². The number of ether oxygens (including phenoxy) is 1. The Morgan fingerprint density at radius 3 is 2.45 bits per heavy atom. The molecule has 1 saturated heterocycles. The van der Waals surface area contributed by atoms with Crippen LogP contribution in [0.1, 0.15) is 71.3 Å². The van der Waals surface area contributed by atoms with Crippen LogP contribution in [0.5, 0.6) is 11.5 Å². The summed E-state index contributed by atoms with van der Waals surface area (Å²) in [5.41, 5.74) is -0.360. The molecule has 5 nitrogen and oxygen atoms in total. The number of aliphatic hydroxyl groups is 2. The maximum atomic E-state index is 11.6. The molecule has 1 aromatic rings. The first kappa shape index (κ1) is 21.5. The van der Waals surface area contributed by atoms with E-state index in [0.717, 1.165) is 44.9 Å². The van der Waals surface area contributed by atoms with Crippen molar-refractivity contribution in [1.82, 2.24) is 0 Å². The summed E-state index contributed by atoms with van der Waals surface area (Å²) in [6.07, 6.45) is 6.88. The predicted octanol–water partition coefficient (Wildman–Crippen LogP) is 4.36. The lowest BCUT2D eigenvalue weighted by atomic mass is 9.37. The van der Waals surface area contributed by atoms with E-state index in [2.05, 4.69) is 13.8 Å². The van der Waals surface area contributed by atoms with Crippen molar-refractivity contribution in [2.45, 2.75) is 84.0 Å². The summed E-state index contributed by atoms with van der Waals surface area (Å²) in [5, 5.41) is 42.8.